The molecule has 0 aliphatic heterocycles. The van der Waals surface area contributed by atoms with Gasteiger partial charge >= 0.3 is 0 Å². The normalized spacial score (nSPS) is 10.4. The Morgan fingerprint density at radius 1 is 1.53 bits per heavy atom. The predicted molar refractivity (Wildman–Crippen MR) is 70.0 cm³/mol. The first-order valence-corrected chi connectivity index (χ1v) is 5.94. The molecule has 0 saturated heterocycles. The van der Waals surface area contributed by atoms with Crippen molar-refractivity contribution in [1.82, 2.24) is 9.78 Å². The quantitative estimate of drug-likeness (QED) is 0.642. The molecule has 0 aliphatic rings. The van der Waals surface area contributed by atoms with Gasteiger partial charge in [0, 0.05) is 12.1 Å². The van der Waals surface area contributed by atoms with Gasteiger partial charge in [0.1, 0.15) is 5.84 Å². The number of hydrogen-bond donors (Lipinski definition) is 2. The minimum absolute atomic E-state index is 0.0843. The van der Waals surface area contributed by atoms with Crippen molar-refractivity contribution in [2.24, 2.45) is 5.73 Å². The second-order valence-electron chi connectivity index (χ2n) is 4.10. The van der Waals surface area contributed by atoms with E-state index in [-0.39, 0.29) is 11.6 Å². The predicted octanol–water partition coefficient (Wildman–Crippen LogP) is 2.51. The molecule has 0 aliphatic carbocycles. The van der Waals surface area contributed by atoms with Gasteiger partial charge in [-0.05, 0) is 24.6 Å². The van der Waals surface area contributed by atoms with Crippen molar-refractivity contribution in [3.05, 3.63) is 42.0 Å². The van der Waals surface area contributed by atoms with Crippen molar-refractivity contribution < 1.29 is 9.13 Å². The summed E-state index contributed by atoms with van der Waals surface area (Å²) in [6.45, 7) is 2.83. The lowest BCUT2D eigenvalue weighted by Crippen LogP contribution is -2.11. The summed E-state index contributed by atoms with van der Waals surface area (Å²) in [6.07, 6.45) is 4.21. The van der Waals surface area contributed by atoms with Gasteiger partial charge in [-0.3, -0.25) is 10.1 Å². The zero-order valence-electron chi connectivity index (χ0n) is 10.6. The number of nitrogens with zero attached hydrogens (tertiary/aromatic N) is 2. The standard InChI is InChI=1S/C13H15FN4O/c1-2-5-18-8-10(7-17-18)19-12-4-3-9(13(15)16)6-11(12)14/h3-4,6-8H,2,5H2,1H3,(H3,15,16). The van der Waals surface area contributed by atoms with Crippen molar-refractivity contribution in [3.8, 4) is 11.5 Å². The van der Waals surface area contributed by atoms with Crippen molar-refractivity contribution in [2.75, 3.05) is 0 Å². The van der Waals surface area contributed by atoms with Gasteiger partial charge in [-0.25, -0.2) is 4.39 Å². The third kappa shape index (κ3) is 3.09. The number of aryl methyl sites for hydroxylation is 1. The number of nitrogen functional groups attached to an aromatic ring is 1. The van der Waals surface area contributed by atoms with Crippen LogP contribution in [0.15, 0.2) is 30.6 Å². The molecule has 1 heterocycles. The summed E-state index contributed by atoms with van der Waals surface area (Å²) in [6, 6.07) is 4.16. The maximum atomic E-state index is 13.7. The molecular weight excluding hydrogens is 247 g/mol. The van der Waals surface area contributed by atoms with Crippen molar-refractivity contribution in [2.45, 2.75) is 19.9 Å². The lowest BCUT2D eigenvalue weighted by atomic mass is 10.2. The summed E-state index contributed by atoms with van der Waals surface area (Å²) in [5.74, 6) is -0.180. The summed E-state index contributed by atoms with van der Waals surface area (Å²) < 4.78 is 20.9. The third-order valence-electron chi connectivity index (χ3n) is 2.53. The van der Waals surface area contributed by atoms with Gasteiger partial charge in [-0.2, -0.15) is 5.10 Å². The van der Waals surface area contributed by atoms with Gasteiger partial charge < -0.3 is 10.5 Å². The summed E-state index contributed by atoms with van der Waals surface area (Å²) in [4.78, 5) is 0. The number of aromatic nitrogens is 2. The van der Waals surface area contributed by atoms with Gasteiger partial charge in [0.05, 0.1) is 12.4 Å². The van der Waals surface area contributed by atoms with E-state index in [0.717, 1.165) is 13.0 Å². The molecular formula is C13H15FN4O. The van der Waals surface area contributed by atoms with Crippen LogP contribution in [0.5, 0.6) is 11.5 Å². The Morgan fingerprint density at radius 2 is 2.32 bits per heavy atom. The number of benzene rings is 1. The molecule has 2 aromatic rings. The van der Waals surface area contributed by atoms with Gasteiger partial charge in [0.2, 0.25) is 0 Å². The minimum Gasteiger partial charge on any atom is -0.451 e. The van der Waals surface area contributed by atoms with Crippen LogP contribution >= 0.6 is 0 Å². The SMILES string of the molecule is CCCn1cc(Oc2ccc(C(=N)N)cc2F)cn1. The fourth-order valence-electron chi connectivity index (χ4n) is 1.63. The molecule has 0 fully saturated rings. The van der Waals surface area contributed by atoms with Crippen LogP contribution in [-0.4, -0.2) is 15.6 Å². The van der Waals surface area contributed by atoms with E-state index in [4.69, 9.17) is 15.9 Å². The van der Waals surface area contributed by atoms with Crippen molar-refractivity contribution >= 4 is 5.84 Å². The number of halogens is 1. The Kier molecular flexibility index (Phi) is 3.79. The summed E-state index contributed by atoms with van der Waals surface area (Å²) in [5, 5.41) is 11.3. The molecule has 100 valence electrons. The molecule has 1 aromatic carbocycles. The first-order valence-electron chi connectivity index (χ1n) is 5.94. The Morgan fingerprint density at radius 3 is 2.95 bits per heavy atom. The lowest BCUT2D eigenvalue weighted by Gasteiger charge is -2.05. The number of hydrogen-bond acceptors (Lipinski definition) is 3. The molecule has 1 aromatic heterocycles. The summed E-state index contributed by atoms with van der Waals surface area (Å²) >= 11 is 0. The van der Waals surface area contributed by atoms with Crippen LogP contribution in [0.1, 0.15) is 18.9 Å². The second kappa shape index (κ2) is 5.51. The molecule has 0 spiro atoms. The number of rotatable bonds is 5. The fraction of sp³-hybridized carbons (Fsp3) is 0.231. The number of amidine groups is 1. The molecule has 0 amide bonds. The molecule has 0 radical (unpaired) electrons. The molecule has 19 heavy (non-hydrogen) atoms. The summed E-state index contributed by atoms with van der Waals surface area (Å²) in [5.41, 5.74) is 5.61. The number of nitrogens with one attached hydrogen (secondary N) is 1. The third-order valence-corrected chi connectivity index (χ3v) is 2.53. The molecule has 0 atom stereocenters. The van der Waals surface area contributed by atoms with Gasteiger partial charge in [0.25, 0.3) is 0 Å². The molecule has 2 rings (SSSR count). The highest BCUT2D eigenvalue weighted by atomic mass is 19.1. The number of nitrogens with two attached hydrogens (primary N) is 1. The van der Waals surface area contributed by atoms with Crippen LogP contribution in [0, 0.1) is 11.2 Å². The van der Waals surface area contributed by atoms with E-state index in [0.29, 0.717) is 11.3 Å². The largest absolute Gasteiger partial charge is 0.451 e. The number of ether oxygens (including phenoxy) is 1. The van der Waals surface area contributed by atoms with Crippen LogP contribution in [-0.2, 0) is 6.54 Å². The fourth-order valence-corrected chi connectivity index (χ4v) is 1.63. The van der Waals surface area contributed by atoms with Gasteiger partial charge in [0.15, 0.2) is 17.3 Å². The first-order chi connectivity index (χ1) is 9.10. The molecule has 6 heteroatoms. The molecule has 0 bridgehead atoms. The van der Waals surface area contributed by atoms with Gasteiger partial charge in [-0.1, -0.05) is 6.92 Å². The van der Waals surface area contributed by atoms with Crippen LogP contribution in [0.3, 0.4) is 0 Å². The van der Waals surface area contributed by atoms with Gasteiger partial charge in [-0.15, -0.1) is 0 Å². The Hall–Kier alpha value is -2.37. The zero-order chi connectivity index (χ0) is 13.8. The van der Waals surface area contributed by atoms with E-state index in [9.17, 15) is 4.39 Å². The highest BCUT2D eigenvalue weighted by Crippen LogP contribution is 2.24. The second-order valence-corrected chi connectivity index (χ2v) is 4.10. The van der Waals surface area contributed by atoms with Crippen molar-refractivity contribution in [3.63, 3.8) is 0 Å². The molecule has 3 N–H and O–H groups in total. The van der Waals surface area contributed by atoms with E-state index in [2.05, 4.69) is 5.10 Å². The highest BCUT2D eigenvalue weighted by molar-refractivity contribution is 5.95. The Labute approximate surface area is 110 Å². The maximum Gasteiger partial charge on any atom is 0.166 e. The summed E-state index contributed by atoms with van der Waals surface area (Å²) in [7, 11) is 0. The Balaban J connectivity index is 2.16. The maximum absolute atomic E-state index is 13.7. The van der Waals surface area contributed by atoms with E-state index in [1.165, 1.54) is 24.4 Å². The van der Waals surface area contributed by atoms with Crippen LogP contribution in [0.25, 0.3) is 0 Å². The van der Waals surface area contributed by atoms with Crippen molar-refractivity contribution in [1.29, 1.82) is 5.41 Å². The molecule has 5 nitrogen and oxygen atoms in total. The Bertz CT molecular complexity index is 594. The van der Waals surface area contributed by atoms with Crippen LogP contribution in [0.2, 0.25) is 0 Å². The topological polar surface area (TPSA) is 76.9 Å². The average molecular weight is 262 g/mol. The first kappa shape index (κ1) is 13.1. The zero-order valence-corrected chi connectivity index (χ0v) is 10.6. The molecule has 0 saturated carbocycles. The monoisotopic (exact) mass is 262 g/mol. The smallest absolute Gasteiger partial charge is 0.166 e. The van der Waals surface area contributed by atoms with E-state index in [1.807, 2.05) is 6.92 Å². The minimum atomic E-state index is -0.559. The van der Waals surface area contributed by atoms with Crippen LogP contribution < -0.4 is 10.5 Å². The molecule has 0 unspecified atom stereocenters. The van der Waals surface area contributed by atoms with Crippen LogP contribution in [0.4, 0.5) is 4.39 Å². The van der Waals surface area contributed by atoms with E-state index in [1.54, 1.807) is 10.9 Å². The van der Waals surface area contributed by atoms with E-state index < -0.39 is 5.82 Å². The lowest BCUT2D eigenvalue weighted by molar-refractivity contribution is 0.441. The highest BCUT2D eigenvalue weighted by Gasteiger charge is 2.08. The van der Waals surface area contributed by atoms with E-state index >= 15 is 0 Å². The average Bonchev–Trinajstić information content (AvgIpc) is 2.79.